The molecule has 1 heterocycles. The van der Waals surface area contributed by atoms with Crippen molar-refractivity contribution in [1.82, 2.24) is 20.2 Å². The highest BCUT2D eigenvalue weighted by molar-refractivity contribution is 5.03. The average molecular weight is 238 g/mol. The van der Waals surface area contributed by atoms with Crippen LogP contribution in [0.1, 0.15) is 25.4 Å². The second-order valence-electron chi connectivity index (χ2n) is 4.77. The Hall–Kier alpha value is -1.20. The number of aromatic nitrogens is 2. The Kier molecular flexibility index (Phi) is 5.31. The van der Waals surface area contributed by atoms with Gasteiger partial charge in [-0.2, -0.15) is 0 Å². The van der Waals surface area contributed by atoms with Crippen LogP contribution in [-0.2, 0) is 13.0 Å². The minimum absolute atomic E-state index is 0.0747. The smallest absolute Gasteiger partial charge is 0.251 e. The lowest BCUT2D eigenvalue weighted by atomic mass is 10.3. The Balaban J connectivity index is 2.69. The quantitative estimate of drug-likeness (QED) is 0.752. The van der Waals surface area contributed by atoms with Gasteiger partial charge in [-0.05, 0) is 14.1 Å². The normalized spacial score (nSPS) is 11.4. The molecule has 0 aliphatic heterocycles. The Morgan fingerprint density at radius 2 is 2.18 bits per heavy atom. The van der Waals surface area contributed by atoms with Crippen molar-refractivity contribution in [3.8, 4) is 0 Å². The maximum Gasteiger partial charge on any atom is 0.251 e. The highest BCUT2D eigenvalue weighted by atomic mass is 16.1. The van der Waals surface area contributed by atoms with E-state index < -0.39 is 0 Å². The van der Waals surface area contributed by atoms with Crippen molar-refractivity contribution in [2.45, 2.75) is 32.9 Å². The van der Waals surface area contributed by atoms with Crippen LogP contribution < -0.4 is 10.9 Å². The minimum atomic E-state index is -0.0747. The van der Waals surface area contributed by atoms with Gasteiger partial charge in [-0.15, -0.1) is 0 Å². The molecule has 0 unspecified atom stereocenters. The monoisotopic (exact) mass is 238 g/mol. The lowest BCUT2D eigenvalue weighted by Gasteiger charge is -2.10. The maximum atomic E-state index is 11.5. The number of aromatic amines is 1. The van der Waals surface area contributed by atoms with Crippen LogP contribution >= 0.6 is 0 Å². The molecular formula is C12H22N4O. The number of H-pyrrole nitrogens is 1. The van der Waals surface area contributed by atoms with Crippen molar-refractivity contribution < 1.29 is 0 Å². The van der Waals surface area contributed by atoms with Crippen molar-refractivity contribution in [1.29, 1.82) is 0 Å². The summed E-state index contributed by atoms with van der Waals surface area (Å²) < 4.78 is 0. The van der Waals surface area contributed by atoms with Crippen molar-refractivity contribution in [3.63, 3.8) is 0 Å². The molecule has 0 atom stereocenters. The predicted octanol–water partition coefficient (Wildman–Crippen LogP) is 0.372. The fourth-order valence-corrected chi connectivity index (χ4v) is 1.41. The van der Waals surface area contributed by atoms with Crippen molar-refractivity contribution in [2.75, 3.05) is 20.6 Å². The lowest BCUT2D eigenvalue weighted by molar-refractivity contribution is 0.409. The summed E-state index contributed by atoms with van der Waals surface area (Å²) in [4.78, 5) is 20.7. The molecule has 0 radical (unpaired) electrons. The highest BCUT2D eigenvalue weighted by Crippen LogP contribution is 1.95. The van der Waals surface area contributed by atoms with Crippen molar-refractivity contribution in [3.05, 3.63) is 27.9 Å². The molecule has 0 aromatic carbocycles. The van der Waals surface area contributed by atoms with E-state index in [0.717, 1.165) is 24.5 Å². The third-order valence-corrected chi connectivity index (χ3v) is 2.33. The molecule has 0 spiro atoms. The van der Waals surface area contributed by atoms with Gasteiger partial charge in [0.25, 0.3) is 5.56 Å². The van der Waals surface area contributed by atoms with E-state index in [1.807, 2.05) is 14.1 Å². The van der Waals surface area contributed by atoms with Gasteiger partial charge in [0.15, 0.2) is 0 Å². The van der Waals surface area contributed by atoms with Crippen molar-refractivity contribution in [2.24, 2.45) is 0 Å². The SMILES string of the molecule is CC(C)NCc1cc(=O)[nH]c(CCN(C)C)n1. The Morgan fingerprint density at radius 1 is 1.47 bits per heavy atom. The van der Waals surface area contributed by atoms with Gasteiger partial charge in [0.1, 0.15) is 5.82 Å². The van der Waals surface area contributed by atoms with Gasteiger partial charge in [0, 0.05) is 31.6 Å². The largest absolute Gasteiger partial charge is 0.310 e. The summed E-state index contributed by atoms with van der Waals surface area (Å²) in [5, 5.41) is 3.26. The van der Waals surface area contributed by atoms with Crippen molar-refractivity contribution >= 4 is 0 Å². The van der Waals surface area contributed by atoms with Crippen LogP contribution in [0.3, 0.4) is 0 Å². The van der Waals surface area contributed by atoms with Gasteiger partial charge < -0.3 is 15.2 Å². The second kappa shape index (κ2) is 6.51. The number of hydrogen-bond acceptors (Lipinski definition) is 4. The minimum Gasteiger partial charge on any atom is -0.310 e. The summed E-state index contributed by atoms with van der Waals surface area (Å²) in [7, 11) is 4.00. The summed E-state index contributed by atoms with van der Waals surface area (Å²) in [5.41, 5.74) is 0.727. The number of nitrogens with one attached hydrogen (secondary N) is 2. The van der Waals surface area contributed by atoms with Gasteiger partial charge in [-0.1, -0.05) is 13.8 Å². The molecule has 5 heteroatoms. The van der Waals surface area contributed by atoms with E-state index >= 15 is 0 Å². The molecule has 5 nitrogen and oxygen atoms in total. The van der Waals surface area contributed by atoms with Crippen LogP contribution in [0.15, 0.2) is 10.9 Å². The fraction of sp³-hybridized carbons (Fsp3) is 0.667. The third-order valence-electron chi connectivity index (χ3n) is 2.33. The Morgan fingerprint density at radius 3 is 2.76 bits per heavy atom. The molecule has 0 fully saturated rings. The molecule has 1 rings (SSSR count). The van der Waals surface area contributed by atoms with Crippen LogP contribution in [0, 0.1) is 0 Å². The molecular weight excluding hydrogens is 216 g/mol. The predicted molar refractivity (Wildman–Crippen MR) is 69.1 cm³/mol. The van der Waals surface area contributed by atoms with Crippen LogP contribution in [-0.4, -0.2) is 41.5 Å². The first-order valence-corrected chi connectivity index (χ1v) is 5.94. The van der Waals surface area contributed by atoms with Gasteiger partial charge in [-0.3, -0.25) is 4.79 Å². The molecule has 1 aromatic heterocycles. The molecule has 0 saturated carbocycles. The number of rotatable bonds is 6. The highest BCUT2D eigenvalue weighted by Gasteiger charge is 2.03. The summed E-state index contributed by atoms with van der Waals surface area (Å²) >= 11 is 0. The van der Waals surface area contributed by atoms with Crippen LogP contribution in [0.25, 0.3) is 0 Å². The third kappa shape index (κ3) is 5.60. The molecule has 1 aromatic rings. The zero-order valence-corrected chi connectivity index (χ0v) is 11.1. The second-order valence-corrected chi connectivity index (χ2v) is 4.77. The lowest BCUT2D eigenvalue weighted by Crippen LogP contribution is -2.25. The number of likely N-dealkylation sites (N-methyl/N-ethyl adjacent to an activating group) is 1. The van der Waals surface area contributed by atoms with Gasteiger partial charge in [-0.25, -0.2) is 4.98 Å². The molecule has 0 aliphatic carbocycles. The standard InChI is InChI=1S/C12H22N4O/c1-9(2)13-8-10-7-12(17)15-11(14-10)5-6-16(3)4/h7,9,13H,5-6,8H2,1-4H3,(H,14,15,17). The summed E-state index contributed by atoms with van der Waals surface area (Å²) in [5.74, 6) is 0.756. The Bertz CT molecular complexity index is 364. The summed E-state index contributed by atoms with van der Waals surface area (Å²) in [6.07, 6.45) is 0.762. The van der Waals surface area contributed by atoms with E-state index in [9.17, 15) is 4.79 Å². The van der Waals surface area contributed by atoms with E-state index in [2.05, 4.69) is 34.0 Å². The molecule has 2 N–H and O–H groups in total. The van der Waals surface area contributed by atoms with E-state index in [1.54, 1.807) is 6.07 Å². The van der Waals surface area contributed by atoms with Crippen LogP contribution in [0.2, 0.25) is 0 Å². The topological polar surface area (TPSA) is 61.0 Å². The summed E-state index contributed by atoms with van der Waals surface area (Å²) in [6.45, 7) is 5.65. The molecule has 0 saturated heterocycles. The van der Waals surface area contributed by atoms with E-state index in [0.29, 0.717) is 12.6 Å². The maximum absolute atomic E-state index is 11.5. The van der Waals surface area contributed by atoms with Gasteiger partial charge in [0.05, 0.1) is 5.69 Å². The van der Waals surface area contributed by atoms with E-state index in [-0.39, 0.29) is 5.56 Å². The van der Waals surface area contributed by atoms with Gasteiger partial charge >= 0.3 is 0 Å². The first-order valence-electron chi connectivity index (χ1n) is 5.94. The molecule has 17 heavy (non-hydrogen) atoms. The zero-order valence-electron chi connectivity index (χ0n) is 11.1. The summed E-state index contributed by atoms with van der Waals surface area (Å²) in [6, 6.07) is 1.94. The number of hydrogen-bond donors (Lipinski definition) is 2. The zero-order chi connectivity index (χ0) is 12.8. The van der Waals surface area contributed by atoms with E-state index in [1.165, 1.54) is 0 Å². The Labute approximate surface area is 102 Å². The average Bonchev–Trinajstić information content (AvgIpc) is 2.23. The molecule has 96 valence electrons. The fourth-order valence-electron chi connectivity index (χ4n) is 1.41. The molecule has 0 amide bonds. The molecule has 0 bridgehead atoms. The van der Waals surface area contributed by atoms with E-state index in [4.69, 9.17) is 0 Å². The first-order chi connectivity index (χ1) is 7.97. The van der Waals surface area contributed by atoms with Crippen LogP contribution in [0.4, 0.5) is 0 Å². The first kappa shape index (κ1) is 13.9. The number of nitrogens with zero attached hydrogens (tertiary/aromatic N) is 2. The van der Waals surface area contributed by atoms with Gasteiger partial charge in [0.2, 0.25) is 0 Å². The van der Waals surface area contributed by atoms with Crippen LogP contribution in [0.5, 0.6) is 0 Å². The molecule has 0 aliphatic rings.